The van der Waals surface area contributed by atoms with Crippen molar-refractivity contribution in [2.45, 2.75) is 26.3 Å². The van der Waals surface area contributed by atoms with Crippen LogP contribution in [0.25, 0.3) is 22.4 Å². The molecular formula is C18H17N5O. The third-order valence-electron chi connectivity index (χ3n) is 3.94. The van der Waals surface area contributed by atoms with Gasteiger partial charge in [0.1, 0.15) is 5.69 Å². The zero-order chi connectivity index (χ0) is 16.4. The van der Waals surface area contributed by atoms with Gasteiger partial charge >= 0.3 is 0 Å². The number of aromatic nitrogens is 5. The number of nitrogens with zero attached hydrogens (tertiary/aromatic N) is 5. The summed E-state index contributed by atoms with van der Waals surface area (Å²) in [4.78, 5) is 13.5. The number of hydrogen-bond donors (Lipinski definition) is 0. The summed E-state index contributed by atoms with van der Waals surface area (Å²) in [7, 11) is 0. The monoisotopic (exact) mass is 319 g/mol. The van der Waals surface area contributed by atoms with Gasteiger partial charge < -0.3 is 9.09 Å². The maximum atomic E-state index is 5.25. The molecule has 0 unspecified atom stereocenters. The number of aryl methyl sites for hydroxylation is 3. The predicted octanol–water partition coefficient (Wildman–Crippen LogP) is 3.29. The van der Waals surface area contributed by atoms with Crippen LogP contribution < -0.4 is 0 Å². The van der Waals surface area contributed by atoms with E-state index in [1.165, 1.54) is 0 Å². The molecule has 6 nitrogen and oxygen atoms in total. The molecule has 1 aromatic carbocycles. The van der Waals surface area contributed by atoms with Crippen molar-refractivity contribution in [1.29, 1.82) is 0 Å². The molecule has 3 aromatic heterocycles. The molecule has 4 rings (SSSR count). The molecule has 4 aromatic rings. The lowest BCUT2D eigenvalue weighted by Crippen LogP contribution is -2.04. The van der Waals surface area contributed by atoms with Crippen LogP contribution in [0.4, 0.5) is 0 Å². The highest BCUT2D eigenvalue weighted by atomic mass is 16.5. The topological polar surface area (TPSA) is 69.6 Å². The molecule has 120 valence electrons. The lowest BCUT2D eigenvalue weighted by molar-refractivity contribution is 0.367. The summed E-state index contributed by atoms with van der Waals surface area (Å²) >= 11 is 0. The van der Waals surface area contributed by atoms with Crippen molar-refractivity contribution in [1.82, 2.24) is 24.7 Å². The second-order valence-corrected chi connectivity index (χ2v) is 5.54. The molecule has 24 heavy (non-hydrogen) atoms. The maximum Gasteiger partial charge on any atom is 0.228 e. The summed E-state index contributed by atoms with van der Waals surface area (Å²) < 4.78 is 7.31. The van der Waals surface area contributed by atoms with E-state index in [-0.39, 0.29) is 0 Å². The summed E-state index contributed by atoms with van der Waals surface area (Å²) in [5.41, 5.74) is 1.83. The minimum absolute atomic E-state index is 0.651. The minimum Gasteiger partial charge on any atom is -0.339 e. The third-order valence-corrected chi connectivity index (χ3v) is 3.94. The van der Waals surface area contributed by atoms with Crippen LogP contribution in [-0.4, -0.2) is 24.7 Å². The number of hydrogen-bond acceptors (Lipinski definition) is 5. The Morgan fingerprint density at radius 2 is 2.00 bits per heavy atom. The van der Waals surface area contributed by atoms with Crippen LogP contribution in [0.2, 0.25) is 0 Å². The Bertz CT molecular complexity index is 972. The molecule has 0 radical (unpaired) electrons. The summed E-state index contributed by atoms with van der Waals surface area (Å²) in [6.45, 7) is 2.73. The smallest absolute Gasteiger partial charge is 0.228 e. The standard InChI is InChI=1S/C18H17N5O/c1-2-16-21-17(24-22-16)9-11-23-12-10-19-18(23)15-8-7-13-5-3-4-6-14(13)20-15/h3-8,10,12H,2,9,11H2,1H3. The van der Waals surface area contributed by atoms with Crippen molar-refractivity contribution < 1.29 is 4.52 Å². The summed E-state index contributed by atoms with van der Waals surface area (Å²) in [6.07, 6.45) is 5.19. The largest absolute Gasteiger partial charge is 0.339 e. The minimum atomic E-state index is 0.651. The van der Waals surface area contributed by atoms with Crippen molar-refractivity contribution in [3.05, 3.63) is 60.5 Å². The molecule has 0 saturated carbocycles. The molecule has 0 aliphatic carbocycles. The third kappa shape index (κ3) is 2.78. The molecule has 0 aliphatic rings. The number of benzene rings is 1. The molecule has 0 bridgehead atoms. The average Bonchev–Trinajstić information content (AvgIpc) is 3.28. The van der Waals surface area contributed by atoms with Gasteiger partial charge in [0.25, 0.3) is 0 Å². The molecule has 0 spiro atoms. The number of pyridine rings is 1. The Morgan fingerprint density at radius 3 is 2.88 bits per heavy atom. The normalized spacial score (nSPS) is 11.2. The molecule has 6 heteroatoms. The van der Waals surface area contributed by atoms with Crippen molar-refractivity contribution in [3.8, 4) is 11.5 Å². The first-order valence-corrected chi connectivity index (χ1v) is 8.02. The van der Waals surface area contributed by atoms with Gasteiger partial charge in [-0.05, 0) is 12.1 Å². The van der Waals surface area contributed by atoms with Crippen LogP contribution >= 0.6 is 0 Å². The van der Waals surface area contributed by atoms with Crippen molar-refractivity contribution in [3.63, 3.8) is 0 Å². The first-order valence-electron chi connectivity index (χ1n) is 8.02. The van der Waals surface area contributed by atoms with Crippen LogP contribution in [-0.2, 0) is 19.4 Å². The highest BCUT2D eigenvalue weighted by Crippen LogP contribution is 2.20. The van der Waals surface area contributed by atoms with Crippen LogP contribution in [0.15, 0.2) is 53.3 Å². The van der Waals surface area contributed by atoms with Crippen molar-refractivity contribution >= 4 is 10.9 Å². The Balaban J connectivity index is 1.58. The number of para-hydroxylation sites is 1. The molecule has 0 amide bonds. The first kappa shape index (κ1) is 14.6. The van der Waals surface area contributed by atoms with E-state index in [0.29, 0.717) is 12.3 Å². The SMILES string of the molecule is CCc1noc(CCn2ccnc2-c2ccc3ccccc3n2)n1. The van der Waals surface area contributed by atoms with Crippen LogP contribution in [0.3, 0.4) is 0 Å². The average molecular weight is 319 g/mol. The van der Waals surface area contributed by atoms with Gasteiger partial charge in [-0.2, -0.15) is 4.98 Å². The number of rotatable bonds is 5. The number of imidazole rings is 1. The lowest BCUT2D eigenvalue weighted by Gasteiger charge is -2.06. The van der Waals surface area contributed by atoms with Gasteiger partial charge in [-0.15, -0.1) is 0 Å². The molecule has 0 fully saturated rings. The fraction of sp³-hybridized carbons (Fsp3) is 0.222. The zero-order valence-electron chi connectivity index (χ0n) is 13.4. The van der Waals surface area contributed by atoms with E-state index in [1.807, 2.05) is 37.4 Å². The molecule has 0 N–H and O–H groups in total. The van der Waals surface area contributed by atoms with Gasteiger partial charge in [0, 0.05) is 37.2 Å². The van der Waals surface area contributed by atoms with Gasteiger partial charge in [0.05, 0.1) is 5.52 Å². The van der Waals surface area contributed by atoms with Crippen LogP contribution in [0, 0.1) is 0 Å². The van der Waals surface area contributed by atoms with E-state index < -0.39 is 0 Å². The second-order valence-electron chi connectivity index (χ2n) is 5.54. The molecule has 3 heterocycles. The lowest BCUT2D eigenvalue weighted by atomic mass is 10.2. The van der Waals surface area contributed by atoms with Gasteiger partial charge in [-0.25, -0.2) is 9.97 Å². The van der Waals surface area contributed by atoms with Crippen molar-refractivity contribution in [2.24, 2.45) is 0 Å². The van der Waals surface area contributed by atoms with Crippen molar-refractivity contribution in [2.75, 3.05) is 0 Å². The highest BCUT2D eigenvalue weighted by molar-refractivity contribution is 5.80. The van der Waals surface area contributed by atoms with E-state index in [2.05, 4.69) is 31.8 Å². The molecule has 0 aliphatic heterocycles. The molecule has 0 atom stereocenters. The van der Waals surface area contributed by atoms with E-state index in [1.54, 1.807) is 6.20 Å². The number of fused-ring (bicyclic) bond motifs is 1. The Hall–Kier alpha value is -3.02. The van der Waals surface area contributed by atoms with E-state index in [0.717, 1.165) is 41.2 Å². The summed E-state index contributed by atoms with van der Waals surface area (Å²) in [5.74, 6) is 2.24. The van der Waals surface area contributed by atoms with E-state index in [9.17, 15) is 0 Å². The Kier molecular flexibility index (Phi) is 3.78. The van der Waals surface area contributed by atoms with Crippen LogP contribution in [0.5, 0.6) is 0 Å². The molecule has 0 saturated heterocycles. The van der Waals surface area contributed by atoms with Gasteiger partial charge in [-0.3, -0.25) is 0 Å². The Labute approximate surface area is 139 Å². The van der Waals surface area contributed by atoms with E-state index in [4.69, 9.17) is 9.51 Å². The van der Waals surface area contributed by atoms with Crippen LogP contribution in [0.1, 0.15) is 18.6 Å². The maximum absolute atomic E-state index is 5.25. The second kappa shape index (κ2) is 6.23. The summed E-state index contributed by atoms with van der Waals surface area (Å²) in [5, 5.41) is 5.05. The first-order chi connectivity index (χ1) is 11.8. The zero-order valence-corrected chi connectivity index (χ0v) is 13.4. The van der Waals surface area contributed by atoms with Gasteiger partial charge in [0.2, 0.25) is 5.89 Å². The Morgan fingerprint density at radius 1 is 1.08 bits per heavy atom. The highest BCUT2D eigenvalue weighted by Gasteiger charge is 2.10. The summed E-state index contributed by atoms with van der Waals surface area (Å²) in [6, 6.07) is 12.1. The van der Waals surface area contributed by atoms with Gasteiger partial charge in [-0.1, -0.05) is 36.3 Å². The van der Waals surface area contributed by atoms with Gasteiger partial charge in [0.15, 0.2) is 11.6 Å². The van der Waals surface area contributed by atoms with E-state index >= 15 is 0 Å². The fourth-order valence-corrected chi connectivity index (χ4v) is 2.66. The fourth-order valence-electron chi connectivity index (χ4n) is 2.66. The predicted molar refractivity (Wildman–Crippen MR) is 90.3 cm³/mol. The molecular weight excluding hydrogens is 302 g/mol. The quantitative estimate of drug-likeness (QED) is 0.564.